The van der Waals surface area contributed by atoms with Gasteiger partial charge in [0.2, 0.25) is 0 Å². The summed E-state index contributed by atoms with van der Waals surface area (Å²) in [6.45, 7) is 1.11. The number of ether oxygens (including phenoxy) is 1. The first-order chi connectivity index (χ1) is 10.3. The van der Waals surface area contributed by atoms with E-state index >= 15 is 0 Å². The smallest absolute Gasteiger partial charge is 0.0785 e. The number of methoxy groups -OCH3 is 1. The zero-order chi connectivity index (χ0) is 14.9. The molecule has 0 aliphatic heterocycles. The lowest BCUT2D eigenvalue weighted by Gasteiger charge is -2.20. The van der Waals surface area contributed by atoms with Crippen molar-refractivity contribution in [2.45, 2.75) is 18.6 Å². The standard InChI is InChI=1S/C18H23NO2/c1-21-14-17(20)12-13-19-18(15-8-4-2-5-9-15)16-10-6-3-7-11-16/h2-11,17-20H,12-14H2,1H3. The fraction of sp³-hybridized carbons (Fsp3) is 0.333. The minimum absolute atomic E-state index is 0.141. The van der Waals surface area contributed by atoms with Gasteiger partial charge in [-0.2, -0.15) is 0 Å². The molecule has 0 aliphatic carbocycles. The van der Waals surface area contributed by atoms with Crippen molar-refractivity contribution in [3.63, 3.8) is 0 Å². The van der Waals surface area contributed by atoms with E-state index < -0.39 is 6.10 Å². The number of rotatable bonds is 8. The fourth-order valence-corrected chi connectivity index (χ4v) is 2.39. The lowest BCUT2D eigenvalue weighted by Crippen LogP contribution is -2.27. The summed E-state index contributed by atoms with van der Waals surface area (Å²) in [5.41, 5.74) is 2.45. The van der Waals surface area contributed by atoms with E-state index in [1.54, 1.807) is 7.11 Å². The molecule has 0 aromatic heterocycles. The molecule has 112 valence electrons. The highest BCUT2D eigenvalue weighted by Gasteiger charge is 2.13. The van der Waals surface area contributed by atoms with Crippen LogP contribution in [-0.2, 0) is 4.74 Å². The van der Waals surface area contributed by atoms with Gasteiger partial charge in [-0.05, 0) is 24.1 Å². The average Bonchev–Trinajstić information content (AvgIpc) is 2.53. The molecule has 2 aromatic rings. The molecule has 1 atom stereocenters. The molecule has 1 unspecified atom stereocenters. The van der Waals surface area contributed by atoms with Gasteiger partial charge in [-0.15, -0.1) is 0 Å². The molecule has 3 nitrogen and oxygen atoms in total. The molecule has 3 heteroatoms. The minimum Gasteiger partial charge on any atom is -0.391 e. The highest BCUT2D eigenvalue weighted by Crippen LogP contribution is 2.21. The van der Waals surface area contributed by atoms with Crippen molar-refractivity contribution < 1.29 is 9.84 Å². The van der Waals surface area contributed by atoms with Gasteiger partial charge in [0, 0.05) is 7.11 Å². The Balaban J connectivity index is 2.04. The number of nitrogens with one attached hydrogen (secondary N) is 1. The summed E-state index contributed by atoms with van der Waals surface area (Å²) in [6.07, 6.45) is 0.249. The van der Waals surface area contributed by atoms with Gasteiger partial charge in [0.25, 0.3) is 0 Å². The molecular formula is C18H23NO2. The van der Waals surface area contributed by atoms with E-state index in [4.69, 9.17) is 4.74 Å². The van der Waals surface area contributed by atoms with Crippen molar-refractivity contribution in [3.8, 4) is 0 Å². The zero-order valence-corrected chi connectivity index (χ0v) is 12.4. The Labute approximate surface area is 126 Å². The third kappa shape index (κ3) is 4.97. The quantitative estimate of drug-likeness (QED) is 0.783. The summed E-state index contributed by atoms with van der Waals surface area (Å²) in [5, 5.41) is 13.3. The first kappa shape index (κ1) is 15.7. The first-order valence-electron chi connectivity index (χ1n) is 7.31. The molecule has 2 rings (SSSR count). The van der Waals surface area contributed by atoms with Crippen LogP contribution >= 0.6 is 0 Å². The molecule has 0 aliphatic rings. The predicted octanol–water partition coefficient (Wildman–Crippen LogP) is 2.76. The summed E-state index contributed by atoms with van der Waals surface area (Å²) in [5.74, 6) is 0. The maximum Gasteiger partial charge on any atom is 0.0785 e. The van der Waals surface area contributed by atoms with Crippen LogP contribution in [0.2, 0.25) is 0 Å². The van der Waals surface area contributed by atoms with E-state index in [-0.39, 0.29) is 6.04 Å². The molecule has 2 aromatic carbocycles. The predicted molar refractivity (Wildman–Crippen MR) is 85.2 cm³/mol. The van der Waals surface area contributed by atoms with Gasteiger partial charge in [-0.3, -0.25) is 0 Å². The van der Waals surface area contributed by atoms with Crippen LogP contribution in [0.5, 0.6) is 0 Å². The van der Waals surface area contributed by atoms with Crippen LogP contribution in [0.25, 0.3) is 0 Å². The Morgan fingerprint density at radius 3 is 1.95 bits per heavy atom. The summed E-state index contributed by atoms with van der Waals surface area (Å²) in [7, 11) is 1.60. The monoisotopic (exact) mass is 285 g/mol. The van der Waals surface area contributed by atoms with Gasteiger partial charge in [0.1, 0.15) is 0 Å². The highest BCUT2D eigenvalue weighted by molar-refractivity contribution is 5.31. The van der Waals surface area contributed by atoms with Crippen molar-refractivity contribution in [1.82, 2.24) is 5.32 Å². The maximum absolute atomic E-state index is 9.74. The van der Waals surface area contributed by atoms with E-state index in [2.05, 4.69) is 29.6 Å². The maximum atomic E-state index is 9.74. The van der Waals surface area contributed by atoms with Gasteiger partial charge in [0.05, 0.1) is 18.8 Å². The second-order valence-corrected chi connectivity index (χ2v) is 5.11. The van der Waals surface area contributed by atoms with Crippen molar-refractivity contribution >= 4 is 0 Å². The number of benzene rings is 2. The molecule has 0 bridgehead atoms. The van der Waals surface area contributed by atoms with E-state index in [0.29, 0.717) is 13.0 Å². The Morgan fingerprint density at radius 1 is 0.952 bits per heavy atom. The largest absolute Gasteiger partial charge is 0.391 e. The average molecular weight is 285 g/mol. The number of aliphatic hydroxyl groups excluding tert-OH is 1. The highest BCUT2D eigenvalue weighted by atomic mass is 16.5. The molecule has 0 radical (unpaired) electrons. The van der Waals surface area contributed by atoms with Crippen LogP contribution in [0, 0.1) is 0 Å². The number of hydrogen-bond donors (Lipinski definition) is 2. The van der Waals surface area contributed by atoms with Crippen LogP contribution in [0.15, 0.2) is 60.7 Å². The topological polar surface area (TPSA) is 41.5 Å². The van der Waals surface area contributed by atoms with Crippen LogP contribution < -0.4 is 5.32 Å². The summed E-state index contributed by atoms with van der Waals surface area (Å²) >= 11 is 0. The van der Waals surface area contributed by atoms with Crippen molar-refractivity contribution in [2.75, 3.05) is 20.3 Å². The summed E-state index contributed by atoms with van der Waals surface area (Å²) in [6, 6.07) is 20.9. The van der Waals surface area contributed by atoms with Crippen molar-refractivity contribution in [3.05, 3.63) is 71.8 Å². The van der Waals surface area contributed by atoms with Crippen LogP contribution in [0.3, 0.4) is 0 Å². The van der Waals surface area contributed by atoms with Gasteiger partial charge in [-0.1, -0.05) is 60.7 Å². The fourth-order valence-electron chi connectivity index (χ4n) is 2.39. The molecular weight excluding hydrogens is 262 g/mol. The molecule has 0 saturated carbocycles. The normalized spacial score (nSPS) is 12.5. The van der Waals surface area contributed by atoms with Gasteiger partial charge < -0.3 is 15.2 Å². The molecule has 21 heavy (non-hydrogen) atoms. The third-order valence-corrected chi connectivity index (χ3v) is 3.45. The van der Waals surface area contributed by atoms with Gasteiger partial charge in [0.15, 0.2) is 0 Å². The lowest BCUT2D eigenvalue weighted by atomic mass is 9.98. The second-order valence-electron chi connectivity index (χ2n) is 5.11. The van der Waals surface area contributed by atoms with Crippen molar-refractivity contribution in [2.24, 2.45) is 0 Å². The summed E-state index contributed by atoms with van der Waals surface area (Å²) in [4.78, 5) is 0. The molecule has 2 N–H and O–H groups in total. The first-order valence-corrected chi connectivity index (χ1v) is 7.31. The Bertz CT molecular complexity index is 462. The second kappa shape index (κ2) is 8.57. The SMILES string of the molecule is COCC(O)CCNC(c1ccccc1)c1ccccc1. The van der Waals surface area contributed by atoms with Crippen LogP contribution in [-0.4, -0.2) is 31.5 Å². The molecule has 0 saturated heterocycles. The molecule has 0 amide bonds. The Morgan fingerprint density at radius 2 is 1.48 bits per heavy atom. The summed E-state index contributed by atoms with van der Waals surface area (Å²) < 4.78 is 4.95. The van der Waals surface area contributed by atoms with Gasteiger partial charge in [-0.25, -0.2) is 0 Å². The number of aliphatic hydroxyl groups is 1. The van der Waals surface area contributed by atoms with E-state index in [1.165, 1.54) is 11.1 Å². The molecule has 0 fully saturated rings. The van der Waals surface area contributed by atoms with Crippen LogP contribution in [0.4, 0.5) is 0 Å². The van der Waals surface area contributed by atoms with Crippen LogP contribution in [0.1, 0.15) is 23.6 Å². The van der Waals surface area contributed by atoms with E-state index in [9.17, 15) is 5.11 Å². The van der Waals surface area contributed by atoms with Gasteiger partial charge >= 0.3 is 0 Å². The number of hydrogen-bond acceptors (Lipinski definition) is 3. The molecule has 0 heterocycles. The Kier molecular flexibility index (Phi) is 6.41. The zero-order valence-electron chi connectivity index (χ0n) is 12.4. The third-order valence-electron chi connectivity index (χ3n) is 3.45. The van der Waals surface area contributed by atoms with E-state index in [1.807, 2.05) is 36.4 Å². The lowest BCUT2D eigenvalue weighted by molar-refractivity contribution is 0.0591. The minimum atomic E-state index is -0.422. The Hall–Kier alpha value is -1.68. The van der Waals surface area contributed by atoms with E-state index in [0.717, 1.165) is 6.54 Å². The molecule has 0 spiro atoms. The van der Waals surface area contributed by atoms with Crippen molar-refractivity contribution in [1.29, 1.82) is 0 Å².